The lowest BCUT2D eigenvalue weighted by atomic mass is 10.2. The van der Waals surface area contributed by atoms with E-state index in [1.165, 1.54) is 0 Å². The number of halogens is 2. The van der Waals surface area contributed by atoms with Gasteiger partial charge in [0, 0.05) is 0 Å². The molecule has 7 heteroatoms. The Labute approximate surface area is 123 Å². The van der Waals surface area contributed by atoms with Gasteiger partial charge in [-0.15, -0.1) is 12.4 Å². The van der Waals surface area contributed by atoms with Gasteiger partial charge in [0.05, 0.1) is 23.3 Å². The fourth-order valence-electron chi connectivity index (χ4n) is 1.24. The normalized spacial score (nSPS) is 11.2. The predicted octanol–water partition coefficient (Wildman–Crippen LogP) is 1.47. The van der Waals surface area contributed by atoms with Gasteiger partial charge < -0.3 is 16.4 Å². The van der Waals surface area contributed by atoms with Crippen molar-refractivity contribution >= 4 is 41.5 Å². The van der Waals surface area contributed by atoms with E-state index in [2.05, 4.69) is 10.6 Å². The molecule has 5 nitrogen and oxygen atoms in total. The van der Waals surface area contributed by atoms with Gasteiger partial charge in [0.2, 0.25) is 11.8 Å². The zero-order valence-corrected chi connectivity index (χ0v) is 12.3. The van der Waals surface area contributed by atoms with Crippen molar-refractivity contribution in [3.8, 4) is 0 Å². The van der Waals surface area contributed by atoms with Crippen molar-refractivity contribution in [1.29, 1.82) is 0 Å². The number of nitrogens with two attached hydrogens (primary N) is 1. The van der Waals surface area contributed by atoms with E-state index in [9.17, 15) is 9.59 Å². The molecule has 0 spiro atoms. The number of anilines is 1. The van der Waals surface area contributed by atoms with E-state index in [0.29, 0.717) is 10.7 Å². The van der Waals surface area contributed by atoms with Crippen molar-refractivity contribution in [3.63, 3.8) is 0 Å². The molecule has 0 saturated heterocycles. The molecule has 19 heavy (non-hydrogen) atoms. The molecule has 0 aliphatic rings. The minimum atomic E-state index is -0.638. The van der Waals surface area contributed by atoms with E-state index in [4.69, 9.17) is 17.3 Å². The summed E-state index contributed by atoms with van der Waals surface area (Å²) in [6.45, 7) is 3.31. The van der Waals surface area contributed by atoms with Crippen LogP contribution in [0.15, 0.2) is 18.2 Å². The number of carbonyl (C=O) groups is 2. The molecule has 106 valence electrons. The summed E-state index contributed by atoms with van der Waals surface area (Å²) in [5.74, 6) is -0.727. The third kappa shape index (κ3) is 5.92. The standard InChI is InChI=1S/C12H16ClN3O2.ClH/c1-7-3-4-10(9(13)5-7)16-11(17)6-15-12(18)8(2)14;/h3-5,8H,6,14H2,1-2H3,(H,15,18)(H,16,17);1H/t8-;/m0./s1. The molecule has 0 aromatic heterocycles. The summed E-state index contributed by atoms with van der Waals surface area (Å²) in [7, 11) is 0. The smallest absolute Gasteiger partial charge is 0.243 e. The van der Waals surface area contributed by atoms with Gasteiger partial charge in [0.1, 0.15) is 0 Å². The second kappa shape index (κ2) is 7.99. The fraction of sp³-hybridized carbons (Fsp3) is 0.333. The van der Waals surface area contributed by atoms with Gasteiger partial charge >= 0.3 is 0 Å². The summed E-state index contributed by atoms with van der Waals surface area (Å²) in [4.78, 5) is 22.7. The molecule has 2 amide bonds. The van der Waals surface area contributed by atoms with Crippen molar-refractivity contribution in [2.45, 2.75) is 19.9 Å². The van der Waals surface area contributed by atoms with Gasteiger partial charge in [-0.25, -0.2) is 0 Å². The minimum absolute atomic E-state index is 0. The first-order valence-electron chi connectivity index (χ1n) is 5.49. The summed E-state index contributed by atoms with van der Waals surface area (Å²) >= 11 is 5.96. The maximum Gasteiger partial charge on any atom is 0.243 e. The molecule has 1 aromatic carbocycles. The number of hydrogen-bond acceptors (Lipinski definition) is 3. The minimum Gasteiger partial charge on any atom is -0.346 e. The molecule has 0 saturated carbocycles. The highest BCUT2D eigenvalue weighted by Crippen LogP contribution is 2.22. The Bertz CT molecular complexity index is 464. The van der Waals surface area contributed by atoms with E-state index in [-0.39, 0.29) is 30.8 Å². The van der Waals surface area contributed by atoms with Crippen LogP contribution in [0.25, 0.3) is 0 Å². The van der Waals surface area contributed by atoms with Crippen molar-refractivity contribution in [3.05, 3.63) is 28.8 Å². The van der Waals surface area contributed by atoms with Gasteiger partial charge in [-0.2, -0.15) is 0 Å². The maximum atomic E-state index is 11.6. The summed E-state index contributed by atoms with van der Waals surface area (Å²) in [6.07, 6.45) is 0. The summed E-state index contributed by atoms with van der Waals surface area (Å²) < 4.78 is 0. The van der Waals surface area contributed by atoms with E-state index in [1.54, 1.807) is 19.1 Å². The van der Waals surface area contributed by atoms with Crippen molar-refractivity contribution in [1.82, 2.24) is 5.32 Å². The summed E-state index contributed by atoms with van der Waals surface area (Å²) in [5, 5.41) is 5.48. The second-order valence-electron chi connectivity index (χ2n) is 4.04. The van der Waals surface area contributed by atoms with Crippen LogP contribution < -0.4 is 16.4 Å². The highest BCUT2D eigenvalue weighted by molar-refractivity contribution is 6.33. The van der Waals surface area contributed by atoms with Crippen molar-refractivity contribution in [2.24, 2.45) is 5.73 Å². The van der Waals surface area contributed by atoms with Crippen LogP contribution in [0.2, 0.25) is 5.02 Å². The van der Waals surface area contributed by atoms with E-state index < -0.39 is 6.04 Å². The predicted molar refractivity (Wildman–Crippen MR) is 78.7 cm³/mol. The van der Waals surface area contributed by atoms with Crippen LogP contribution in [0.5, 0.6) is 0 Å². The quantitative estimate of drug-likeness (QED) is 0.787. The van der Waals surface area contributed by atoms with E-state index in [0.717, 1.165) is 5.56 Å². The molecule has 0 fully saturated rings. The average Bonchev–Trinajstić information content (AvgIpc) is 2.29. The molecule has 1 aromatic rings. The van der Waals surface area contributed by atoms with Gasteiger partial charge in [-0.1, -0.05) is 17.7 Å². The van der Waals surface area contributed by atoms with Crippen LogP contribution in [0.3, 0.4) is 0 Å². The molecule has 0 aliphatic carbocycles. The topological polar surface area (TPSA) is 84.2 Å². The van der Waals surface area contributed by atoms with E-state index in [1.807, 2.05) is 13.0 Å². The Hall–Kier alpha value is -1.30. The lowest BCUT2D eigenvalue weighted by Gasteiger charge is -2.10. The Kier molecular flexibility index (Phi) is 7.44. The highest BCUT2D eigenvalue weighted by Gasteiger charge is 2.10. The molecule has 0 heterocycles. The fourth-order valence-corrected chi connectivity index (χ4v) is 1.53. The molecule has 0 radical (unpaired) electrons. The van der Waals surface area contributed by atoms with Gasteiger partial charge in [-0.05, 0) is 31.5 Å². The van der Waals surface area contributed by atoms with Crippen LogP contribution >= 0.6 is 24.0 Å². The number of hydrogen-bond donors (Lipinski definition) is 3. The monoisotopic (exact) mass is 305 g/mol. The molecular formula is C12H17Cl2N3O2. The molecular weight excluding hydrogens is 289 g/mol. The van der Waals surface area contributed by atoms with Crippen molar-refractivity contribution < 1.29 is 9.59 Å². The zero-order valence-electron chi connectivity index (χ0n) is 10.7. The van der Waals surface area contributed by atoms with Crippen LogP contribution in [0.1, 0.15) is 12.5 Å². The zero-order chi connectivity index (χ0) is 13.7. The first-order chi connectivity index (χ1) is 8.40. The Morgan fingerprint density at radius 2 is 2.05 bits per heavy atom. The first-order valence-corrected chi connectivity index (χ1v) is 5.87. The number of nitrogens with one attached hydrogen (secondary N) is 2. The molecule has 0 unspecified atom stereocenters. The number of aryl methyl sites for hydroxylation is 1. The molecule has 0 aliphatic heterocycles. The summed E-state index contributed by atoms with van der Waals surface area (Å²) in [6, 6.07) is 4.66. The lowest BCUT2D eigenvalue weighted by molar-refractivity contribution is -0.124. The van der Waals surface area contributed by atoms with Crippen LogP contribution in [0.4, 0.5) is 5.69 Å². The lowest BCUT2D eigenvalue weighted by Crippen LogP contribution is -2.41. The average molecular weight is 306 g/mol. The van der Waals surface area contributed by atoms with Crippen molar-refractivity contribution in [2.75, 3.05) is 11.9 Å². The first kappa shape index (κ1) is 17.7. The Morgan fingerprint density at radius 1 is 1.42 bits per heavy atom. The number of rotatable bonds is 4. The maximum absolute atomic E-state index is 11.6. The number of carbonyl (C=O) groups excluding carboxylic acids is 2. The number of amides is 2. The molecule has 1 atom stereocenters. The van der Waals surface area contributed by atoms with E-state index >= 15 is 0 Å². The highest BCUT2D eigenvalue weighted by atomic mass is 35.5. The van der Waals surface area contributed by atoms with Gasteiger partial charge in [-0.3, -0.25) is 9.59 Å². The SMILES string of the molecule is Cc1ccc(NC(=O)CNC(=O)[C@H](C)N)c(Cl)c1.Cl. The summed E-state index contributed by atoms with van der Waals surface area (Å²) in [5.41, 5.74) is 6.87. The molecule has 4 N–H and O–H groups in total. The molecule has 1 rings (SSSR count). The Morgan fingerprint density at radius 3 is 2.58 bits per heavy atom. The van der Waals surface area contributed by atoms with Gasteiger partial charge in [0.25, 0.3) is 0 Å². The third-order valence-corrected chi connectivity index (χ3v) is 2.55. The largest absolute Gasteiger partial charge is 0.346 e. The Balaban J connectivity index is 0.00000324. The third-order valence-electron chi connectivity index (χ3n) is 2.24. The van der Waals surface area contributed by atoms with Gasteiger partial charge in [0.15, 0.2) is 0 Å². The van der Waals surface area contributed by atoms with Crippen LogP contribution in [-0.2, 0) is 9.59 Å². The molecule has 0 bridgehead atoms. The second-order valence-corrected chi connectivity index (χ2v) is 4.45. The van der Waals surface area contributed by atoms with Crippen LogP contribution in [0, 0.1) is 6.92 Å². The van der Waals surface area contributed by atoms with Crippen LogP contribution in [-0.4, -0.2) is 24.4 Å². The number of benzene rings is 1.